The molecular weight excluding hydrogens is 438 g/mol. The smallest absolute Gasteiger partial charge is 0.239 e. The summed E-state index contributed by atoms with van der Waals surface area (Å²) in [5.41, 5.74) is 2.88. The number of hydrogen-bond acceptors (Lipinski definition) is 4. The van der Waals surface area contributed by atoms with Crippen LogP contribution in [0.25, 0.3) is 21.8 Å². The fraction of sp³-hybridized carbons (Fsp3) is 0.310. The molecule has 1 aliphatic heterocycles. The second-order valence-electron chi connectivity index (χ2n) is 9.32. The van der Waals surface area contributed by atoms with Crippen LogP contribution in [0, 0.1) is 5.92 Å². The average Bonchev–Trinajstić information content (AvgIpc) is 2.91. The molecule has 1 N–H and O–H groups in total. The van der Waals surface area contributed by atoms with E-state index < -0.39 is 0 Å². The van der Waals surface area contributed by atoms with E-state index in [1.807, 2.05) is 65.2 Å². The van der Waals surface area contributed by atoms with E-state index in [0.29, 0.717) is 23.2 Å². The van der Waals surface area contributed by atoms with Crippen molar-refractivity contribution in [2.75, 3.05) is 26.7 Å². The number of piperidine rings is 1. The number of pyridine rings is 1. The van der Waals surface area contributed by atoms with Crippen LogP contribution in [0.15, 0.2) is 77.6 Å². The SMILES string of the molecule is COc1ccc(CN2CCC(CNC(=O)Cn3c4ccccc4c(=O)c4ccccc43)CC2)cc1. The molecule has 0 saturated carbocycles. The number of para-hydroxylation sites is 2. The Morgan fingerprint density at radius 1 is 0.914 bits per heavy atom. The molecule has 35 heavy (non-hydrogen) atoms. The third kappa shape index (κ3) is 5.08. The number of fused-ring (bicyclic) bond motifs is 2. The number of methoxy groups -OCH3 is 1. The lowest BCUT2D eigenvalue weighted by Gasteiger charge is -2.32. The van der Waals surface area contributed by atoms with E-state index in [1.54, 1.807) is 7.11 Å². The predicted octanol–water partition coefficient (Wildman–Crippen LogP) is 4.19. The van der Waals surface area contributed by atoms with Crippen molar-refractivity contribution in [3.63, 3.8) is 0 Å². The number of likely N-dealkylation sites (tertiary alicyclic amines) is 1. The Bertz CT molecular complexity index is 1330. The van der Waals surface area contributed by atoms with E-state index in [-0.39, 0.29) is 17.9 Å². The fourth-order valence-corrected chi connectivity index (χ4v) is 5.04. The van der Waals surface area contributed by atoms with Crippen molar-refractivity contribution >= 4 is 27.7 Å². The van der Waals surface area contributed by atoms with E-state index in [4.69, 9.17) is 4.74 Å². The van der Waals surface area contributed by atoms with Gasteiger partial charge in [-0.3, -0.25) is 14.5 Å². The van der Waals surface area contributed by atoms with Crippen LogP contribution in [0.3, 0.4) is 0 Å². The monoisotopic (exact) mass is 469 g/mol. The van der Waals surface area contributed by atoms with Gasteiger partial charge in [0.15, 0.2) is 5.43 Å². The van der Waals surface area contributed by atoms with Crippen LogP contribution in [0.4, 0.5) is 0 Å². The number of nitrogens with zero attached hydrogens (tertiary/aromatic N) is 2. The number of ether oxygens (including phenoxy) is 1. The van der Waals surface area contributed by atoms with Gasteiger partial charge in [0.1, 0.15) is 12.3 Å². The highest BCUT2D eigenvalue weighted by molar-refractivity contribution is 5.94. The fourth-order valence-electron chi connectivity index (χ4n) is 5.04. The van der Waals surface area contributed by atoms with Crippen molar-refractivity contribution in [2.24, 2.45) is 5.92 Å². The molecule has 0 atom stereocenters. The summed E-state index contributed by atoms with van der Waals surface area (Å²) in [6.07, 6.45) is 2.14. The number of hydrogen-bond donors (Lipinski definition) is 1. The normalized spacial score (nSPS) is 14.9. The molecule has 0 radical (unpaired) electrons. The Morgan fingerprint density at radius 3 is 2.11 bits per heavy atom. The van der Waals surface area contributed by atoms with Crippen LogP contribution in [-0.4, -0.2) is 42.1 Å². The molecule has 180 valence electrons. The van der Waals surface area contributed by atoms with Crippen LogP contribution < -0.4 is 15.5 Å². The molecule has 6 heteroatoms. The Labute approximate surface area is 205 Å². The Morgan fingerprint density at radius 2 is 1.51 bits per heavy atom. The quantitative estimate of drug-likeness (QED) is 0.412. The number of carbonyl (C=O) groups is 1. The molecule has 4 aromatic rings. The summed E-state index contributed by atoms with van der Waals surface area (Å²) in [5.74, 6) is 1.34. The standard InChI is InChI=1S/C29H31N3O3/c1-35-23-12-10-22(11-13-23)19-31-16-14-21(15-17-31)18-30-28(33)20-32-26-8-4-2-6-24(26)29(34)25-7-3-5-9-27(25)32/h2-13,21H,14-20H2,1H3,(H,30,33). The summed E-state index contributed by atoms with van der Waals surface area (Å²) < 4.78 is 7.20. The summed E-state index contributed by atoms with van der Waals surface area (Å²) in [5, 5.41) is 4.44. The topological polar surface area (TPSA) is 63.6 Å². The lowest BCUT2D eigenvalue weighted by molar-refractivity contribution is -0.121. The van der Waals surface area contributed by atoms with E-state index >= 15 is 0 Å². The second-order valence-corrected chi connectivity index (χ2v) is 9.32. The highest BCUT2D eigenvalue weighted by Gasteiger charge is 2.20. The van der Waals surface area contributed by atoms with Crippen molar-refractivity contribution in [2.45, 2.75) is 25.9 Å². The third-order valence-corrected chi connectivity index (χ3v) is 7.04. The van der Waals surface area contributed by atoms with Crippen molar-refractivity contribution in [3.8, 4) is 5.75 Å². The first-order chi connectivity index (χ1) is 17.1. The van der Waals surface area contributed by atoms with E-state index in [9.17, 15) is 9.59 Å². The summed E-state index contributed by atoms with van der Waals surface area (Å²) in [6.45, 7) is 3.88. The van der Waals surface area contributed by atoms with Gasteiger partial charge in [0.25, 0.3) is 0 Å². The maximum Gasteiger partial charge on any atom is 0.239 e. The number of rotatable bonds is 7. The highest BCUT2D eigenvalue weighted by atomic mass is 16.5. The number of nitrogens with one attached hydrogen (secondary N) is 1. The lowest BCUT2D eigenvalue weighted by Crippen LogP contribution is -2.39. The molecule has 0 aliphatic carbocycles. The molecule has 1 aromatic heterocycles. The molecule has 0 unspecified atom stereocenters. The summed E-state index contributed by atoms with van der Waals surface area (Å²) in [7, 11) is 1.68. The van der Waals surface area contributed by atoms with Gasteiger partial charge in [0.2, 0.25) is 5.91 Å². The van der Waals surface area contributed by atoms with E-state index in [0.717, 1.165) is 49.3 Å². The summed E-state index contributed by atoms with van der Waals surface area (Å²) in [4.78, 5) is 28.3. The van der Waals surface area contributed by atoms with Crippen LogP contribution in [-0.2, 0) is 17.9 Å². The van der Waals surface area contributed by atoms with Gasteiger partial charge >= 0.3 is 0 Å². The lowest BCUT2D eigenvalue weighted by atomic mass is 9.96. The van der Waals surface area contributed by atoms with Crippen LogP contribution in [0.1, 0.15) is 18.4 Å². The summed E-state index contributed by atoms with van der Waals surface area (Å²) >= 11 is 0. The molecule has 1 fully saturated rings. The van der Waals surface area contributed by atoms with Crippen LogP contribution in [0.2, 0.25) is 0 Å². The van der Waals surface area contributed by atoms with Crippen molar-refractivity contribution in [3.05, 3.63) is 88.6 Å². The van der Waals surface area contributed by atoms with Gasteiger partial charge in [0, 0.05) is 23.9 Å². The molecule has 0 bridgehead atoms. The van der Waals surface area contributed by atoms with Gasteiger partial charge in [-0.2, -0.15) is 0 Å². The van der Waals surface area contributed by atoms with Crippen LogP contribution >= 0.6 is 0 Å². The molecule has 1 amide bonds. The van der Waals surface area contributed by atoms with E-state index in [1.165, 1.54) is 5.56 Å². The molecule has 2 heterocycles. The minimum atomic E-state index is -0.0235. The first-order valence-electron chi connectivity index (χ1n) is 12.2. The zero-order valence-corrected chi connectivity index (χ0v) is 20.1. The Hall–Kier alpha value is -3.64. The second kappa shape index (κ2) is 10.3. The maximum absolute atomic E-state index is 13.0. The first kappa shape index (κ1) is 23.1. The average molecular weight is 470 g/mol. The number of aromatic nitrogens is 1. The van der Waals surface area contributed by atoms with Crippen molar-refractivity contribution in [1.82, 2.24) is 14.8 Å². The maximum atomic E-state index is 13.0. The van der Waals surface area contributed by atoms with Crippen LogP contribution in [0.5, 0.6) is 5.75 Å². The Balaban J connectivity index is 1.19. The molecule has 0 spiro atoms. The minimum absolute atomic E-state index is 0.00857. The zero-order chi connectivity index (χ0) is 24.2. The predicted molar refractivity (Wildman–Crippen MR) is 140 cm³/mol. The van der Waals surface area contributed by atoms with Crippen molar-refractivity contribution < 1.29 is 9.53 Å². The molecule has 1 saturated heterocycles. The molecule has 6 nitrogen and oxygen atoms in total. The van der Waals surface area contributed by atoms with E-state index in [2.05, 4.69) is 22.3 Å². The summed E-state index contributed by atoms with van der Waals surface area (Å²) in [6, 6.07) is 23.3. The highest BCUT2D eigenvalue weighted by Crippen LogP contribution is 2.21. The first-order valence-corrected chi connectivity index (χ1v) is 12.2. The molecular formula is C29H31N3O3. The largest absolute Gasteiger partial charge is 0.497 e. The Kier molecular flexibility index (Phi) is 6.82. The number of benzene rings is 3. The third-order valence-electron chi connectivity index (χ3n) is 7.04. The molecule has 3 aromatic carbocycles. The van der Waals surface area contributed by atoms with Gasteiger partial charge in [-0.25, -0.2) is 0 Å². The van der Waals surface area contributed by atoms with Gasteiger partial charge in [-0.05, 0) is 73.8 Å². The molecule has 5 rings (SSSR count). The van der Waals surface area contributed by atoms with Gasteiger partial charge in [-0.15, -0.1) is 0 Å². The zero-order valence-electron chi connectivity index (χ0n) is 20.1. The van der Waals surface area contributed by atoms with Gasteiger partial charge in [0.05, 0.1) is 18.1 Å². The van der Waals surface area contributed by atoms with Crippen molar-refractivity contribution in [1.29, 1.82) is 0 Å². The van der Waals surface area contributed by atoms with Gasteiger partial charge in [-0.1, -0.05) is 36.4 Å². The molecule has 1 aliphatic rings. The van der Waals surface area contributed by atoms with Gasteiger partial charge < -0.3 is 14.6 Å². The number of carbonyl (C=O) groups excluding carboxylic acids is 1. The minimum Gasteiger partial charge on any atom is -0.497 e. The number of amides is 1.